The molecule has 0 spiro atoms. The molecular weight excluding hydrogens is 541 g/mol. The molecule has 0 aromatic heterocycles. The summed E-state index contributed by atoms with van der Waals surface area (Å²) in [6.07, 6.45) is 33.9. The predicted molar refractivity (Wildman–Crippen MR) is 163 cm³/mol. The molecule has 2 N–H and O–H groups in total. The standard InChI is InChI=1S/C35H65N.3ClH/c1-5-7-9-11-13-15-17-18-20-22-24-28-32-35(3,36-4)34-31-27-26-30-33(34)29-25-23-21-19-16-14-12-10-8-6-2;;;/h26-27,30-31,36H,5-25,28-29,32H2,1-4H3;3*1H/p-2. The average molecular weight is 607 g/mol. The number of aryl methyl sites for hydroxylation is 1. The summed E-state index contributed by atoms with van der Waals surface area (Å²) >= 11 is 0. The van der Waals surface area contributed by atoms with Crippen LogP contribution in [0.4, 0.5) is 0 Å². The van der Waals surface area contributed by atoms with Crippen molar-refractivity contribution in [3.05, 3.63) is 35.4 Å². The van der Waals surface area contributed by atoms with Gasteiger partial charge in [0.05, 0.1) is 7.05 Å². The Kier molecular flexibility index (Phi) is 34.6. The van der Waals surface area contributed by atoms with E-state index in [1.165, 1.54) is 154 Å². The van der Waals surface area contributed by atoms with Gasteiger partial charge in [-0.1, -0.05) is 167 Å². The third-order valence-electron chi connectivity index (χ3n) is 8.62. The second-order valence-electron chi connectivity index (χ2n) is 11.9. The van der Waals surface area contributed by atoms with Gasteiger partial charge in [-0.25, -0.2) is 0 Å². The number of hydrogen-bond acceptors (Lipinski definition) is 0. The van der Waals surface area contributed by atoms with Crippen molar-refractivity contribution in [3.8, 4) is 0 Å². The van der Waals surface area contributed by atoms with Crippen molar-refractivity contribution in [2.75, 3.05) is 7.05 Å². The maximum atomic E-state index is 2.49. The maximum Gasteiger partial charge on any atom is 0.119 e. The highest BCUT2D eigenvalue weighted by Gasteiger charge is 2.30. The monoisotopic (exact) mass is 605 g/mol. The van der Waals surface area contributed by atoms with E-state index in [0.717, 1.165) is 0 Å². The van der Waals surface area contributed by atoms with E-state index in [1.54, 1.807) is 11.1 Å². The van der Waals surface area contributed by atoms with Crippen LogP contribution in [-0.2, 0) is 12.0 Å². The van der Waals surface area contributed by atoms with Gasteiger partial charge in [-0.05, 0) is 31.7 Å². The molecule has 0 aliphatic heterocycles. The van der Waals surface area contributed by atoms with Gasteiger partial charge >= 0.3 is 0 Å². The van der Waals surface area contributed by atoms with Gasteiger partial charge in [-0.3, -0.25) is 0 Å². The van der Waals surface area contributed by atoms with Crippen LogP contribution >= 0.6 is 0 Å². The molecule has 0 aliphatic carbocycles. The quantitative estimate of drug-likeness (QED) is 0.155. The summed E-state index contributed by atoms with van der Waals surface area (Å²) in [5.41, 5.74) is 3.44. The molecule has 1 aromatic carbocycles. The van der Waals surface area contributed by atoms with Crippen molar-refractivity contribution in [1.29, 1.82) is 0 Å². The molecule has 1 atom stereocenters. The number of benzene rings is 1. The van der Waals surface area contributed by atoms with Crippen LogP contribution < -0.4 is 42.5 Å². The van der Waals surface area contributed by atoms with Gasteiger partial charge in [-0.2, -0.15) is 0 Å². The summed E-state index contributed by atoms with van der Waals surface area (Å²) in [6.45, 7) is 7.10. The third-order valence-corrected chi connectivity index (χ3v) is 8.62. The first-order valence-electron chi connectivity index (χ1n) is 16.6. The SMILES string of the molecule is CCCCCCCCCCCCCCC(C)([NH2+]C)c1ccccc1CCCCCCCCCCCC.[Cl-].[Cl-].[Cl-]. The van der Waals surface area contributed by atoms with Gasteiger partial charge in [0.2, 0.25) is 0 Å². The molecule has 1 aromatic rings. The second kappa shape index (κ2) is 31.0. The van der Waals surface area contributed by atoms with E-state index < -0.39 is 0 Å². The van der Waals surface area contributed by atoms with E-state index in [1.807, 2.05) is 0 Å². The van der Waals surface area contributed by atoms with Crippen molar-refractivity contribution >= 4 is 0 Å². The molecule has 0 aliphatic rings. The second-order valence-corrected chi connectivity index (χ2v) is 11.9. The molecule has 0 fully saturated rings. The third kappa shape index (κ3) is 22.3. The number of rotatable bonds is 26. The van der Waals surface area contributed by atoms with Crippen LogP contribution in [0.3, 0.4) is 0 Å². The van der Waals surface area contributed by atoms with Crippen molar-refractivity contribution in [2.24, 2.45) is 0 Å². The van der Waals surface area contributed by atoms with Crippen molar-refractivity contribution < 1.29 is 42.5 Å². The minimum absolute atomic E-state index is 0. The highest BCUT2D eigenvalue weighted by molar-refractivity contribution is 5.31. The van der Waals surface area contributed by atoms with Crippen molar-refractivity contribution in [3.63, 3.8) is 0 Å². The van der Waals surface area contributed by atoms with Crippen LogP contribution in [0.15, 0.2) is 24.3 Å². The van der Waals surface area contributed by atoms with Crippen LogP contribution in [0.2, 0.25) is 0 Å². The lowest BCUT2D eigenvalue weighted by Gasteiger charge is -2.29. The molecule has 1 rings (SSSR count). The summed E-state index contributed by atoms with van der Waals surface area (Å²) in [5, 5.41) is 2.49. The molecule has 39 heavy (non-hydrogen) atoms. The summed E-state index contributed by atoms with van der Waals surface area (Å²) < 4.78 is 0. The number of hydrogen-bond donors (Lipinski definition) is 1. The minimum Gasteiger partial charge on any atom is -1.00 e. The molecule has 1 nitrogen and oxygen atoms in total. The molecule has 0 bridgehead atoms. The maximum absolute atomic E-state index is 2.49. The lowest BCUT2D eigenvalue weighted by Crippen LogP contribution is -3.00. The fourth-order valence-electron chi connectivity index (χ4n) is 5.87. The van der Waals surface area contributed by atoms with Gasteiger partial charge in [0.25, 0.3) is 0 Å². The average Bonchev–Trinajstić information content (AvgIpc) is 2.90. The molecule has 4 heteroatoms. The first-order chi connectivity index (χ1) is 17.7. The van der Waals surface area contributed by atoms with E-state index in [4.69, 9.17) is 0 Å². The van der Waals surface area contributed by atoms with Gasteiger partial charge in [0, 0.05) is 12.0 Å². The molecule has 0 amide bonds. The number of unbranched alkanes of at least 4 members (excludes halogenated alkanes) is 20. The fourth-order valence-corrected chi connectivity index (χ4v) is 5.87. The van der Waals surface area contributed by atoms with Gasteiger partial charge in [0.1, 0.15) is 5.54 Å². The van der Waals surface area contributed by atoms with Crippen molar-refractivity contribution in [1.82, 2.24) is 0 Å². The van der Waals surface area contributed by atoms with Crippen LogP contribution in [0.25, 0.3) is 0 Å². The Labute approximate surface area is 264 Å². The molecule has 0 saturated carbocycles. The molecule has 0 radical (unpaired) electrons. The zero-order valence-corrected chi connectivity index (χ0v) is 28.8. The zero-order chi connectivity index (χ0) is 26.2. The summed E-state index contributed by atoms with van der Waals surface area (Å²) in [7, 11) is 2.29. The molecule has 234 valence electrons. The Bertz CT molecular complexity index is 609. The van der Waals surface area contributed by atoms with E-state index in [9.17, 15) is 0 Å². The Morgan fingerprint density at radius 2 is 0.872 bits per heavy atom. The highest BCUT2D eigenvalue weighted by Crippen LogP contribution is 2.28. The Morgan fingerprint density at radius 3 is 1.28 bits per heavy atom. The normalized spacial score (nSPS) is 12.2. The van der Waals surface area contributed by atoms with Crippen molar-refractivity contribution in [2.45, 2.75) is 180 Å². The lowest BCUT2D eigenvalue weighted by molar-refractivity contribution is -0.710. The number of quaternary nitrogens is 1. The van der Waals surface area contributed by atoms with E-state index in [2.05, 4.69) is 57.4 Å². The van der Waals surface area contributed by atoms with Gasteiger partial charge in [0.15, 0.2) is 0 Å². The van der Waals surface area contributed by atoms with E-state index in [0.29, 0.717) is 0 Å². The van der Waals surface area contributed by atoms with E-state index in [-0.39, 0.29) is 42.8 Å². The Morgan fingerprint density at radius 1 is 0.513 bits per heavy atom. The van der Waals surface area contributed by atoms with Gasteiger partial charge in [-0.15, -0.1) is 0 Å². The highest BCUT2D eigenvalue weighted by atomic mass is 35.5. The smallest absolute Gasteiger partial charge is 0.119 e. The molecular formula is C35H66Cl3N-2. The summed E-state index contributed by atoms with van der Waals surface area (Å²) in [6, 6.07) is 9.36. The fraction of sp³-hybridized carbons (Fsp3) is 0.829. The van der Waals surface area contributed by atoms with Crippen LogP contribution in [0, 0.1) is 0 Å². The summed E-state index contributed by atoms with van der Waals surface area (Å²) in [4.78, 5) is 0. The van der Waals surface area contributed by atoms with Crippen LogP contribution in [0.1, 0.15) is 180 Å². The number of halogens is 3. The summed E-state index contributed by atoms with van der Waals surface area (Å²) in [5.74, 6) is 0. The molecule has 0 saturated heterocycles. The van der Waals surface area contributed by atoms with Gasteiger partial charge < -0.3 is 42.5 Å². The largest absolute Gasteiger partial charge is 1.00 e. The topological polar surface area (TPSA) is 16.6 Å². The zero-order valence-electron chi connectivity index (χ0n) is 26.5. The molecule has 0 heterocycles. The predicted octanol–water partition coefficient (Wildman–Crippen LogP) is 1.66. The minimum atomic E-state index is 0. The van der Waals surface area contributed by atoms with E-state index >= 15 is 0 Å². The molecule has 1 unspecified atom stereocenters. The Hall–Kier alpha value is 0.0500. The number of nitrogens with two attached hydrogens (primary N) is 1. The lowest BCUT2D eigenvalue weighted by atomic mass is 9.82. The first kappa shape index (κ1) is 43.5. The first-order valence-corrected chi connectivity index (χ1v) is 16.6. The van der Waals surface area contributed by atoms with Crippen LogP contribution in [0.5, 0.6) is 0 Å². The van der Waals surface area contributed by atoms with Crippen LogP contribution in [-0.4, -0.2) is 7.05 Å². The Balaban J connectivity index is -0.00000432.